The maximum atomic E-state index is 12.0. The lowest BCUT2D eigenvalue weighted by Crippen LogP contribution is -2.57. The second kappa shape index (κ2) is 7.41. The first-order valence-corrected chi connectivity index (χ1v) is 12.8. The molecule has 142 valence electrons. The summed E-state index contributed by atoms with van der Waals surface area (Å²) >= 11 is 0. The Balaban J connectivity index is 3.05. The van der Waals surface area contributed by atoms with Gasteiger partial charge in [-0.3, -0.25) is 8.98 Å². The van der Waals surface area contributed by atoms with E-state index in [0.717, 1.165) is 6.26 Å². The van der Waals surface area contributed by atoms with Crippen LogP contribution in [0.1, 0.15) is 33.6 Å². The van der Waals surface area contributed by atoms with Crippen molar-refractivity contribution in [2.75, 3.05) is 13.4 Å². The Bertz CT molecular complexity index is 557. The number of rotatable bonds is 5. The van der Waals surface area contributed by atoms with E-state index in [-0.39, 0.29) is 11.5 Å². The maximum absolute atomic E-state index is 12.0. The minimum absolute atomic E-state index is 0.0296. The number of methoxy groups -OCH3 is 1. The molecule has 0 aromatic carbocycles. The van der Waals surface area contributed by atoms with Gasteiger partial charge in [0.2, 0.25) is 0 Å². The predicted octanol–water partition coefficient (Wildman–Crippen LogP) is 1.63. The summed E-state index contributed by atoms with van der Waals surface area (Å²) < 4.78 is 39.3. The van der Waals surface area contributed by atoms with Crippen molar-refractivity contribution in [2.45, 2.75) is 70.0 Å². The van der Waals surface area contributed by atoms with Crippen LogP contribution < -0.4 is 5.73 Å². The third-order valence-electron chi connectivity index (χ3n) is 4.97. The summed E-state index contributed by atoms with van der Waals surface area (Å²) in [5.41, 5.74) is 6.27. The number of hydrogen-bond acceptors (Lipinski definition) is 7. The molecule has 0 aromatic rings. The highest BCUT2D eigenvalue weighted by atomic mass is 32.2. The number of carbonyl (C=O) groups is 1. The summed E-state index contributed by atoms with van der Waals surface area (Å²) in [6.45, 7) is 10.5. The average molecular weight is 382 g/mol. The van der Waals surface area contributed by atoms with E-state index in [2.05, 4.69) is 33.9 Å². The zero-order valence-corrected chi connectivity index (χ0v) is 17.5. The van der Waals surface area contributed by atoms with E-state index < -0.39 is 48.6 Å². The molecule has 1 aliphatic carbocycles. The van der Waals surface area contributed by atoms with Gasteiger partial charge in [-0.05, 0) is 24.6 Å². The van der Waals surface area contributed by atoms with E-state index in [1.165, 1.54) is 7.11 Å². The number of esters is 1. The molecule has 1 aliphatic rings. The Morgan fingerprint density at radius 1 is 1.21 bits per heavy atom. The smallest absolute Gasteiger partial charge is 0.310 e. The van der Waals surface area contributed by atoms with Gasteiger partial charge < -0.3 is 14.9 Å². The van der Waals surface area contributed by atoms with E-state index in [4.69, 9.17) is 19.1 Å². The molecule has 1 saturated carbocycles. The van der Waals surface area contributed by atoms with Crippen molar-refractivity contribution < 1.29 is 26.6 Å². The molecule has 1 unspecified atom stereocenters. The van der Waals surface area contributed by atoms with Crippen LogP contribution in [0.3, 0.4) is 0 Å². The molecule has 0 radical (unpaired) electrons. The van der Waals surface area contributed by atoms with Gasteiger partial charge in [-0.2, -0.15) is 8.42 Å². The van der Waals surface area contributed by atoms with Crippen molar-refractivity contribution in [2.24, 2.45) is 11.7 Å². The summed E-state index contributed by atoms with van der Waals surface area (Å²) in [6, 6.07) is -0.550. The van der Waals surface area contributed by atoms with Gasteiger partial charge in [0.15, 0.2) is 8.32 Å². The first-order valence-electron chi connectivity index (χ1n) is 8.07. The van der Waals surface area contributed by atoms with Crippen LogP contribution in [-0.4, -0.2) is 54.3 Å². The largest absolute Gasteiger partial charge is 0.469 e. The minimum Gasteiger partial charge on any atom is -0.469 e. The first-order chi connectivity index (χ1) is 10.7. The number of ether oxygens (including phenoxy) is 1. The zero-order valence-electron chi connectivity index (χ0n) is 15.7. The monoisotopic (exact) mass is 381 g/mol. The van der Waals surface area contributed by atoms with Crippen molar-refractivity contribution in [3.8, 4) is 0 Å². The van der Waals surface area contributed by atoms with Crippen LogP contribution in [0.2, 0.25) is 18.1 Å². The molecular weight excluding hydrogens is 350 g/mol. The SMILES string of the molecule is COC(=O)[C@H]1C[C@@H](OS(C)(=O)=O)CC(O[Si](C)(C)C(C)(C)C)[C@@H]1N. The summed E-state index contributed by atoms with van der Waals surface area (Å²) in [4.78, 5) is 12.0. The highest BCUT2D eigenvalue weighted by Crippen LogP contribution is 2.40. The van der Waals surface area contributed by atoms with Gasteiger partial charge >= 0.3 is 5.97 Å². The normalized spacial score (nSPS) is 29.3. The molecule has 0 aromatic heterocycles. The molecule has 2 N–H and O–H groups in total. The number of carbonyl (C=O) groups excluding carboxylic acids is 1. The Hall–Kier alpha value is -0.483. The van der Waals surface area contributed by atoms with Crippen LogP contribution in [0.5, 0.6) is 0 Å². The molecule has 0 saturated heterocycles. The predicted molar refractivity (Wildman–Crippen MR) is 94.5 cm³/mol. The van der Waals surface area contributed by atoms with Crippen LogP contribution >= 0.6 is 0 Å². The van der Waals surface area contributed by atoms with Gasteiger partial charge in [0.25, 0.3) is 10.1 Å². The molecule has 0 amide bonds. The van der Waals surface area contributed by atoms with Crippen LogP contribution in [0.25, 0.3) is 0 Å². The summed E-state index contributed by atoms with van der Waals surface area (Å²) in [7, 11) is -4.47. The van der Waals surface area contributed by atoms with E-state index in [1.54, 1.807) is 0 Å². The molecule has 1 rings (SSSR count). The lowest BCUT2D eigenvalue weighted by Gasteiger charge is -2.45. The zero-order chi connectivity index (χ0) is 18.9. The molecule has 1 fully saturated rings. The van der Waals surface area contributed by atoms with Crippen molar-refractivity contribution in [1.82, 2.24) is 0 Å². The standard InChI is InChI=1S/C15H31NO6SSi/c1-15(2,3)24(6,7)22-12-9-10(21-23(5,18)19)8-11(13(12)16)14(17)20-4/h10-13H,8-9,16H2,1-7H3/t10-,11+,12?,13-/m1/s1. The van der Waals surface area contributed by atoms with Gasteiger partial charge in [-0.25, -0.2) is 0 Å². The van der Waals surface area contributed by atoms with Gasteiger partial charge in [0.1, 0.15) is 0 Å². The summed E-state index contributed by atoms with van der Waals surface area (Å²) in [5.74, 6) is -1.11. The number of hydrogen-bond donors (Lipinski definition) is 1. The van der Waals surface area contributed by atoms with Gasteiger partial charge in [-0.1, -0.05) is 20.8 Å². The fraction of sp³-hybridized carbons (Fsp3) is 0.933. The lowest BCUT2D eigenvalue weighted by atomic mass is 9.81. The van der Waals surface area contributed by atoms with E-state index in [1.807, 2.05) is 0 Å². The Morgan fingerprint density at radius 2 is 1.75 bits per heavy atom. The van der Waals surface area contributed by atoms with Crippen molar-refractivity contribution >= 4 is 24.4 Å². The fourth-order valence-corrected chi connectivity index (χ4v) is 4.64. The third-order valence-corrected chi connectivity index (χ3v) is 10.1. The van der Waals surface area contributed by atoms with Crippen LogP contribution in [-0.2, 0) is 28.3 Å². The lowest BCUT2D eigenvalue weighted by molar-refractivity contribution is -0.150. The molecule has 24 heavy (non-hydrogen) atoms. The maximum Gasteiger partial charge on any atom is 0.310 e. The highest BCUT2D eigenvalue weighted by Gasteiger charge is 2.47. The van der Waals surface area contributed by atoms with Crippen LogP contribution in [0, 0.1) is 5.92 Å². The molecular formula is C15H31NO6SSi. The number of nitrogens with two attached hydrogens (primary N) is 1. The quantitative estimate of drug-likeness (QED) is 0.438. The third kappa shape index (κ3) is 5.52. The van der Waals surface area contributed by atoms with Crippen LogP contribution in [0.15, 0.2) is 0 Å². The molecule has 7 nitrogen and oxygen atoms in total. The Labute approximate surface area is 146 Å². The van der Waals surface area contributed by atoms with E-state index in [0.29, 0.717) is 6.42 Å². The first kappa shape index (κ1) is 21.6. The fourth-order valence-electron chi connectivity index (χ4n) is 2.62. The van der Waals surface area contributed by atoms with E-state index >= 15 is 0 Å². The second-order valence-corrected chi connectivity index (χ2v) is 14.4. The molecule has 0 spiro atoms. The van der Waals surface area contributed by atoms with Crippen molar-refractivity contribution in [3.63, 3.8) is 0 Å². The highest BCUT2D eigenvalue weighted by molar-refractivity contribution is 7.86. The topological polar surface area (TPSA) is 105 Å². The van der Waals surface area contributed by atoms with Crippen molar-refractivity contribution in [1.29, 1.82) is 0 Å². The van der Waals surface area contributed by atoms with Crippen molar-refractivity contribution in [3.05, 3.63) is 0 Å². The minimum atomic E-state index is -3.63. The van der Waals surface area contributed by atoms with Gasteiger partial charge in [-0.15, -0.1) is 0 Å². The molecule has 0 aliphatic heterocycles. The van der Waals surface area contributed by atoms with E-state index in [9.17, 15) is 13.2 Å². The summed E-state index contributed by atoms with van der Waals surface area (Å²) in [5, 5.41) is -0.0296. The average Bonchev–Trinajstić information content (AvgIpc) is 2.38. The summed E-state index contributed by atoms with van der Waals surface area (Å²) in [6.07, 6.45) is 0.458. The molecule has 0 heterocycles. The van der Waals surface area contributed by atoms with Gasteiger partial charge in [0, 0.05) is 12.5 Å². The molecule has 9 heteroatoms. The second-order valence-electron chi connectivity index (χ2n) is 8.02. The Kier molecular flexibility index (Phi) is 6.65. The molecule has 4 atom stereocenters. The Morgan fingerprint density at radius 3 is 2.17 bits per heavy atom. The van der Waals surface area contributed by atoms with Gasteiger partial charge in [0.05, 0.1) is 31.5 Å². The van der Waals surface area contributed by atoms with Crippen LogP contribution in [0.4, 0.5) is 0 Å². The molecule has 0 bridgehead atoms.